The zero-order valence-electron chi connectivity index (χ0n) is 19.7. The highest BCUT2D eigenvalue weighted by Crippen LogP contribution is 2.20. The number of benzene rings is 2. The molecule has 34 heavy (non-hydrogen) atoms. The lowest BCUT2D eigenvalue weighted by molar-refractivity contribution is -0.121. The Morgan fingerprint density at radius 3 is 2.79 bits per heavy atom. The number of aryl methyl sites for hydroxylation is 1. The summed E-state index contributed by atoms with van der Waals surface area (Å²) in [5.41, 5.74) is 1.98. The number of likely N-dealkylation sites (N-methyl/N-ethyl adjacent to an activating group) is 1. The second kappa shape index (κ2) is 12.3. The molecule has 0 bridgehead atoms. The molecule has 1 fully saturated rings. The van der Waals surface area contributed by atoms with Crippen molar-refractivity contribution in [3.63, 3.8) is 0 Å². The highest BCUT2D eigenvalue weighted by Gasteiger charge is 2.18. The minimum Gasteiger partial charge on any atom is -0.492 e. The summed E-state index contributed by atoms with van der Waals surface area (Å²) >= 11 is 0. The minimum atomic E-state index is -0.0381. The molecule has 180 valence electrons. The number of ether oxygens (including phenoxy) is 2. The Labute approximate surface area is 201 Å². The number of carbonyl (C=O) groups is 1. The zero-order chi connectivity index (χ0) is 23.6. The number of hydrogen-bond acceptors (Lipinski definition) is 6. The van der Waals surface area contributed by atoms with E-state index in [-0.39, 0.29) is 5.91 Å². The van der Waals surface area contributed by atoms with Crippen molar-refractivity contribution in [3.05, 3.63) is 72.2 Å². The van der Waals surface area contributed by atoms with Crippen LogP contribution in [0.1, 0.15) is 30.7 Å². The number of hydrogen-bond donors (Lipinski definition) is 1. The van der Waals surface area contributed by atoms with Gasteiger partial charge in [-0.15, -0.1) is 0 Å². The van der Waals surface area contributed by atoms with E-state index in [1.54, 1.807) is 6.20 Å². The largest absolute Gasteiger partial charge is 0.492 e. The lowest BCUT2D eigenvalue weighted by Crippen LogP contribution is -2.38. The number of nitrogens with one attached hydrogen (secondary N) is 1. The maximum Gasteiger partial charge on any atom is 0.220 e. The number of nitrogens with zero attached hydrogens (tertiary/aromatic N) is 2. The van der Waals surface area contributed by atoms with Crippen LogP contribution in [0, 0.1) is 0 Å². The molecule has 4 rings (SSSR count). The molecule has 0 atom stereocenters. The molecule has 1 aromatic heterocycles. The fourth-order valence-corrected chi connectivity index (χ4v) is 4.03. The van der Waals surface area contributed by atoms with Gasteiger partial charge in [0.25, 0.3) is 0 Å². The molecule has 7 nitrogen and oxygen atoms in total. The summed E-state index contributed by atoms with van der Waals surface area (Å²) in [7, 11) is 2.14. The van der Waals surface area contributed by atoms with Gasteiger partial charge in [-0.25, -0.2) is 4.98 Å². The van der Waals surface area contributed by atoms with Gasteiger partial charge in [0, 0.05) is 50.8 Å². The van der Waals surface area contributed by atoms with Crippen molar-refractivity contribution in [1.29, 1.82) is 0 Å². The highest BCUT2D eigenvalue weighted by atomic mass is 16.5. The maximum atomic E-state index is 12.3. The number of aromatic nitrogens is 1. The first kappa shape index (κ1) is 24.0. The first-order valence-electron chi connectivity index (χ1n) is 11.9. The minimum absolute atomic E-state index is 0.0381. The van der Waals surface area contributed by atoms with Crippen molar-refractivity contribution in [3.8, 4) is 17.1 Å². The molecule has 1 saturated heterocycles. The van der Waals surface area contributed by atoms with Crippen molar-refractivity contribution >= 4 is 5.91 Å². The van der Waals surface area contributed by atoms with E-state index in [1.165, 1.54) is 0 Å². The van der Waals surface area contributed by atoms with Crippen LogP contribution >= 0.6 is 0 Å². The van der Waals surface area contributed by atoms with E-state index in [0.717, 1.165) is 49.5 Å². The van der Waals surface area contributed by atoms with E-state index in [9.17, 15) is 4.79 Å². The Morgan fingerprint density at radius 2 is 1.97 bits per heavy atom. The predicted molar refractivity (Wildman–Crippen MR) is 131 cm³/mol. The molecule has 0 aliphatic carbocycles. The summed E-state index contributed by atoms with van der Waals surface area (Å²) < 4.78 is 17.2. The van der Waals surface area contributed by atoms with E-state index >= 15 is 0 Å². The molecular formula is C27H33N3O4. The number of rotatable bonds is 11. The molecule has 0 spiro atoms. The third kappa shape index (κ3) is 7.17. The van der Waals surface area contributed by atoms with Crippen molar-refractivity contribution < 1.29 is 18.7 Å². The second-order valence-corrected chi connectivity index (χ2v) is 8.58. The SMILES string of the molecule is CN(CCOc1cccc(CNC(=O)CCc2ncc(-c3ccccc3)o2)c1)C1CCOCC1. The molecule has 7 heteroatoms. The number of oxazole rings is 1. The normalized spacial score (nSPS) is 14.3. The summed E-state index contributed by atoms with van der Waals surface area (Å²) in [6.45, 7) is 3.65. The fraction of sp³-hybridized carbons (Fsp3) is 0.407. The van der Waals surface area contributed by atoms with Gasteiger partial charge in [0.1, 0.15) is 12.4 Å². The lowest BCUT2D eigenvalue weighted by Gasteiger charge is -2.31. The smallest absolute Gasteiger partial charge is 0.220 e. The summed E-state index contributed by atoms with van der Waals surface area (Å²) in [4.78, 5) is 19.0. The third-order valence-corrected chi connectivity index (χ3v) is 6.09. The quantitative estimate of drug-likeness (QED) is 0.462. The van der Waals surface area contributed by atoms with Crippen molar-refractivity contribution in [2.24, 2.45) is 0 Å². The van der Waals surface area contributed by atoms with Gasteiger partial charge < -0.3 is 19.2 Å². The topological polar surface area (TPSA) is 76.8 Å². The van der Waals surface area contributed by atoms with E-state index in [0.29, 0.717) is 43.7 Å². The third-order valence-electron chi connectivity index (χ3n) is 6.09. The first-order chi connectivity index (χ1) is 16.7. The Kier molecular flexibility index (Phi) is 8.71. The van der Waals surface area contributed by atoms with Crippen molar-refractivity contribution in [1.82, 2.24) is 15.2 Å². The molecule has 0 unspecified atom stereocenters. The molecule has 1 aliphatic rings. The van der Waals surface area contributed by atoms with Gasteiger partial charge in [0.05, 0.1) is 6.20 Å². The Balaban J connectivity index is 1.17. The molecule has 1 aliphatic heterocycles. The standard InChI is InChI=1S/C27H33N3O4/c1-30(23-12-15-32-16-13-23)14-17-33-24-9-5-6-21(18-24)19-28-26(31)10-11-27-29-20-25(34-27)22-7-3-2-4-8-22/h2-9,18,20,23H,10-17,19H2,1H3,(H,28,31). The molecular weight excluding hydrogens is 430 g/mol. The monoisotopic (exact) mass is 463 g/mol. The first-order valence-corrected chi connectivity index (χ1v) is 11.9. The molecule has 0 radical (unpaired) electrons. The highest BCUT2D eigenvalue weighted by molar-refractivity contribution is 5.76. The van der Waals surface area contributed by atoms with Gasteiger partial charge in [-0.05, 0) is 37.6 Å². The Bertz CT molecular complexity index is 1030. The van der Waals surface area contributed by atoms with Crippen LogP contribution in [0.2, 0.25) is 0 Å². The summed E-state index contributed by atoms with van der Waals surface area (Å²) in [5.74, 6) is 2.06. The summed E-state index contributed by atoms with van der Waals surface area (Å²) in [6.07, 6.45) is 4.65. The Morgan fingerprint density at radius 1 is 1.15 bits per heavy atom. The van der Waals surface area contributed by atoms with Gasteiger partial charge in [0.15, 0.2) is 11.7 Å². The van der Waals surface area contributed by atoms with Crippen LogP contribution in [0.4, 0.5) is 0 Å². The predicted octanol–water partition coefficient (Wildman–Crippen LogP) is 4.08. The van der Waals surface area contributed by atoms with E-state index in [1.807, 2.05) is 54.6 Å². The van der Waals surface area contributed by atoms with Crippen LogP contribution in [0.25, 0.3) is 11.3 Å². The average molecular weight is 464 g/mol. The van der Waals surface area contributed by atoms with Crippen LogP contribution in [-0.4, -0.2) is 55.2 Å². The van der Waals surface area contributed by atoms with Crippen LogP contribution in [0.3, 0.4) is 0 Å². The molecule has 2 aromatic carbocycles. The molecule has 2 heterocycles. The van der Waals surface area contributed by atoms with Crippen LogP contribution in [0.5, 0.6) is 5.75 Å². The van der Waals surface area contributed by atoms with E-state index < -0.39 is 0 Å². The van der Waals surface area contributed by atoms with Gasteiger partial charge in [-0.1, -0.05) is 42.5 Å². The van der Waals surface area contributed by atoms with Gasteiger partial charge in [-0.2, -0.15) is 0 Å². The van der Waals surface area contributed by atoms with Crippen LogP contribution in [-0.2, 0) is 22.5 Å². The maximum absolute atomic E-state index is 12.3. The van der Waals surface area contributed by atoms with E-state index in [2.05, 4.69) is 22.2 Å². The molecule has 3 aromatic rings. The van der Waals surface area contributed by atoms with Gasteiger partial charge >= 0.3 is 0 Å². The van der Waals surface area contributed by atoms with Gasteiger partial charge in [0.2, 0.25) is 5.91 Å². The van der Waals surface area contributed by atoms with Gasteiger partial charge in [-0.3, -0.25) is 9.69 Å². The van der Waals surface area contributed by atoms with Crippen molar-refractivity contribution in [2.45, 2.75) is 38.3 Å². The average Bonchev–Trinajstić information content (AvgIpc) is 3.37. The lowest BCUT2D eigenvalue weighted by atomic mass is 10.1. The number of carbonyl (C=O) groups excluding carboxylic acids is 1. The van der Waals surface area contributed by atoms with Crippen molar-refractivity contribution in [2.75, 3.05) is 33.4 Å². The molecule has 0 saturated carbocycles. The second-order valence-electron chi connectivity index (χ2n) is 8.58. The molecule has 1 amide bonds. The summed E-state index contributed by atoms with van der Waals surface area (Å²) in [6, 6.07) is 18.3. The van der Waals surface area contributed by atoms with Crippen LogP contribution in [0.15, 0.2) is 65.2 Å². The van der Waals surface area contributed by atoms with Crippen LogP contribution < -0.4 is 10.1 Å². The summed E-state index contributed by atoms with van der Waals surface area (Å²) in [5, 5.41) is 2.97. The zero-order valence-corrected chi connectivity index (χ0v) is 19.7. The fourth-order valence-electron chi connectivity index (χ4n) is 4.03. The van der Waals surface area contributed by atoms with E-state index in [4.69, 9.17) is 13.9 Å². The molecule has 1 N–H and O–H groups in total. The number of amides is 1. The Hall–Kier alpha value is -3.16.